The number of carbonyl (C=O) groups excluding carboxylic acids is 2. The first kappa shape index (κ1) is 25.1. The van der Waals surface area contributed by atoms with Crippen LogP contribution >= 0.6 is 0 Å². The van der Waals surface area contributed by atoms with Gasteiger partial charge in [-0.2, -0.15) is 8.78 Å². The zero-order valence-corrected chi connectivity index (χ0v) is 18.9. The Balaban J connectivity index is 1.56. The first-order chi connectivity index (χ1) is 17.0. The number of pyridine rings is 1. The highest BCUT2D eigenvalue weighted by molar-refractivity contribution is 6.05. The van der Waals surface area contributed by atoms with Crippen molar-refractivity contribution < 1.29 is 36.3 Å². The summed E-state index contributed by atoms with van der Waals surface area (Å²) in [5, 5.41) is 2.60. The molecule has 2 amide bonds. The molecule has 1 N–H and O–H groups in total. The molecule has 4 rings (SSSR count). The highest BCUT2D eigenvalue weighted by Gasteiger charge is 2.47. The van der Waals surface area contributed by atoms with Crippen LogP contribution < -0.4 is 10.1 Å². The fourth-order valence-electron chi connectivity index (χ4n) is 4.06. The van der Waals surface area contributed by atoms with Gasteiger partial charge in [-0.3, -0.25) is 14.6 Å². The normalized spacial score (nSPS) is 15.6. The van der Waals surface area contributed by atoms with E-state index in [1.807, 2.05) is 0 Å². The molecule has 1 aliphatic rings. The molecule has 0 saturated carbocycles. The van der Waals surface area contributed by atoms with Crippen LogP contribution in [0.25, 0.3) is 0 Å². The van der Waals surface area contributed by atoms with E-state index in [0.29, 0.717) is 16.7 Å². The van der Waals surface area contributed by atoms with E-state index >= 15 is 8.78 Å². The third-order valence-corrected chi connectivity index (χ3v) is 5.68. The molecule has 3 aromatic rings. The Morgan fingerprint density at radius 3 is 2.39 bits per heavy atom. The molecule has 0 aliphatic carbocycles. The lowest BCUT2D eigenvalue weighted by molar-refractivity contribution is -0.274. The van der Waals surface area contributed by atoms with Crippen molar-refractivity contribution in [2.75, 3.05) is 6.54 Å². The number of halogens is 5. The average molecular weight is 505 g/mol. The lowest BCUT2D eigenvalue weighted by atomic mass is 9.98. The SMILES string of the molecule is Cc1cccc2c1C(C(=O)NCc1ccc(OC(F)(F)F)cc1)N(CC(F)(F)c1ccccn1)C2=O. The van der Waals surface area contributed by atoms with Crippen molar-refractivity contribution in [1.29, 1.82) is 0 Å². The number of rotatable bonds is 7. The molecule has 11 heteroatoms. The van der Waals surface area contributed by atoms with E-state index in [4.69, 9.17) is 0 Å². The van der Waals surface area contributed by atoms with Crippen molar-refractivity contribution in [2.24, 2.45) is 0 Å². The Kier molecular flexibility index (Phi) is 6.66. The maximum Gasteiger partial charge on any atom is 0.573 e. The van der Waals surface area contributed by atoms with Crippen molar-refractivity contribution in [1.82, 2.24) is 15.2 Å². The number of amides is 2. The predicted molar refractivity (Wildman–Crippen MR) is 118 cm³/mol. The van der Waals surface area contributed by atoms with Crippen LogP contribution in [0.1, 0.15) is 38.8 Å². The van der Waals surface area contributed by atoms with Crippen molar-refractivity contribution in [3.05, 3.63) is 94.8 Å². The highest BCUT2D eigenvalue weighted by atomic mass is 19.4. The molecular formula is C25H20F5N3O3. The molecule has 1 atom stereocenters. The number of aromatic nitrogens is 1. The van der Waals surface area contributed by atoms with Crippen LogP contribution in [0.2, 0.25) is 0 Å². The smallest absolute Gasteiger partial charge is 0.406 e. The van der Waals surface area contributed by atoms with Crippen LogP contribution in [0.5, 0.6) is 5.75 Å². The summed E-state index contributed by atoms with van der Waals surface area (Å²) < 4.78 is 71.0. The molecule has 2 heterocycles. The summed E-state index contributed by atoms with van der Waals surface area (Å²) in [6.07, 6.45) is -3.63. The number of aryl methyl sites for hydroxylation is 1. The van der Waals surface area contributed by atoms with Crippen LogP contribution in [0.15, 0.2) is 66.9 Å². The van der Waals surface area contributed by atoms with Crippen LogP contribution in [0, 0.1) is 6.92 Å². The average Bonchev–Trinajstić information content (AvgIpc) is 3.10. The summed E-state index contributed by atoms with van der Waals surface area (Å²) in [6.45, 7) is 0.492. The van der Waals surface area contributed by atoms with Gasteiger partial charge in [0.25, 0.3) is 5.91 Å². The van der Waals surface area contributed by atoms with Crippen molar-refractivity contribution in [3.8, 4) is 5.75 Å². The Hall–Kier alpha value is -4.02. The van der Waals surface area contributed by atoms with Crippen LogP contribution in [-0.2, 0) is 17.3 Å². The fourth-order valence-corrected chi connectivity index (χ4v) is 4.06. The van der Waals surface area contributed by atoms with E-state index in [1.54, 1.807) is 19.1 Å². The number of nitrogens with zero attached hydrogens (tertiary/aromatic N) is 2. The second kappa shape index (κ2) is 9.56. The molecule has 0 radical (unpaired) electrons. The lowest BCUT2D eigenvalue weighted by Crippen LogP contribution is -2.44. The van der Waals surface area contributed by atoms with Gasteiger partial charge in [-0.05, 0) is 53.9 Å². The van der Waals surface area contributed by atoms with Gasteiger partial charge in [-0.15, -0.1) is 13.2 Å². The maximum absolute atomic E-state index is 15.1. The summed E-state index contributed by atoms with van der Waals surface area (Å²) in [7, 11) is 0. The van der Waals surface area contributed by atoms with Gasteiger partial charge < -0.3 is 15.0 Å². The van der Waals surface area contributed by atoms with Gasteiger partial charge in [0.15, 0.2) is 0 Å². The summed E-state index contributed by atoms with van der Waals surface area (Å²) in [4.78, 5) is 30.8. The van der Waals surface area contributed by atoms with E-state index in [2.05, 4.69) is 15.0 Å². The van der Waals surface area contributed by atoms with Gasteiger partial charge in [0.2, 0.25) is 5.91 Å². The Morgan fingerprint density at radius 1 is 1.03 bits per heavy atom. The molecule has 0 fully saturated rings. The van der Waals surface area contributed by atoms with Gasteiger partial charge in [0, 0.05) is 18.3 Å². The maximum atomic E-state index is 15.1. The summed E-state index contributed by atoms with van der Waals surface area (Å²) in [6, 6.07) is 12.3. The zero-order chi connectivity index (χ0) is 26.1. The van der Waals surface area contributed by atoms with Gasteiger partial charge in [0.1, 0.15) is 17.5 Å². The van der Waals surface area contributed by atoms with Crippen LogP contribution in [0.4, 0.5) is 22.0 Å². The number of alkyl halides is 5. The van der Waals surface area contributed by atoms with E-state index in [0.717, 1.165) is 23.1 Å². The first-order valence-corrected chi connectivity index (χ1v) is 10.8. The van der Waals surface area contributed by atoms with Gasteiger partial charge >= 0.3 is 12.3 Å². The monoisotopic (exact) mass is 505 g/mol. The van der Waals surface area contributed by atoms with Crippen molar-refractivity contribution >= 4 is 11.8 Å². The number of benzene rings is 2. The Morgan fingerprint density at radius 2 is 1.75 bits per heavy atom. The Labute approximate surface area is 202 Å². The molecule has 0 saturated heterocycles. The van der Waals surface area contributed by atoms with E-state index in [9.17, 15) is 22.8 Å². The minimum absolute atomic E-state index is 0.110. The fraction of sp³-hybridized carbons (Fsp3) is 0.240. The number of hydrogen-bond donors (Lipinski definition) is 1. The molecule has 36 heavy (non-hydrogen) atoms. The molecule has 1 unspecified atom stereocenters. The third-order valence-electron chi connectivity index (χ3n) is 5.68. The Bertz CT molecular complexity index is 1260. The molecule has 6 nitrogen and oxygen atoms in total. The topological polar surface area (TPSA) is 71.5 Å². The van der Waals surface area contributed by atoms with Gasteiger partial charge in [0.05, 0.1) is 6.54 Å². The van der Waals surface area contributed by atoms with Crippen LogP contribution in [0.3, 0.4) is 0 Å². The van der Waals surface area contributed by atoms with Gasteiger partial charge in [-0.25, -0.2) is 0 Å². The number of carbonyl (C=O) groups is 2. The lowest BCUT2D eigenvalue weighted by Gasteiger charge is -2.28. The standard InChI is InChI=1S/C25H20F5N3O3/c1-15-5-4-6-18-20(15)21(33(23(18)35)14-24(26,27)19-7-2-3-12-31-19)22(34)32-13-16-8-10-17(11-9-16)36-25(28,29)30/h2-12,21H,13-14H2,1H3,(H,32,34). The van der Waals surface area contributed by atoms with E-state index in [-0.39, 0.29) is 12.1 Å². The van der Waals surface area contributed by atoms with Crippen molar-refractivity contribution in [2.45, 2.75) is 31.8 Å². The summed E-state index contributed by atoms with van der Waals surface area (Å²) in [5.41, 5.74) is 0.966. The number of ether oxygens (including phenoxy) is 1. The first-order valence-electron chi connectivity index (χ1n) is 10.8. The molecule has 1 aromatic heterocycles. The molecule has 188 valence electrons. The van der Waals surface area contributed by atoms with E-state index < -0.39 is 48.1 Å². The molecule has 2 aromatic carbocycles. The molecule has 0 spiro atoms. The predicted octanol–water partition coefficient (Wildman–Crippen LogP) is 4.89. The minimum atomic E-state index is -4.84. The third kappa shape index (κ3) is 5.29. The summed E-state index contributed by atoms with van der Waals surface area (Å²) >= 11 is 0. The molecule has 0 bridgehead atoms. The second-order valence-corrected chi connectivity index (χ2v) is 8.20. The van der Waals surface area contributed by atoms with E-state index in [1.165, 1.54) is 36.5 Å². The molecule has 1 aliphatic heterocycles. The minimum Gasteiger partial charge on any atom is -0.406 e. The van der Waals surface area contributed by atoms with Crippen molar-refractivity contribution in [3.63, 3.8) is 0 Å². The summed E-state index contributed by atoms with van der Waals surface area (Å²) in [5.74, 6) is -5.37. The van der Waals surface area contributed by atoms with Gasteiger partial charge in [-0.1, -0.05) is 30.3 Å². The highest BCUT2D eigenvalue weighted by Crippen LogP contribution is 2.39. The largest absolute Gasteiger partial charge is 0.573 e. The number of hydrogen-bond acceptors (Lipinski definition) is 4. The second-order valence-electron chi connectivity index (χ2n) is 8.20. The number of fused-ring (bicyclic) bond motifs is 1. The quantitative estimate of drug-likeness (QED) is 0.464. The van der Waals surface area contributed by atoms with Crippen LogP contribution in [-0.4, -0.2) is 34.6 Å². The number of nitrogens with one attached hydrogen (secondary N) is 1. The molecular weight excluding hydrogens is 485 g/mol. The zero-order valence-electron chi connectivity index (χ0n) is 18.9.